The maximum Gasteiger partial charge on any atom is 0.262 e. The van der Waals surface area contributed by atoms with Gasteiger partial charge in [0.15, 0.2) is 17.9 Å². The van der Waals surface area contributed by atoms with Crippen LogP contribution >= 0.6 is 0 Å². The van der Waals surface area contributed by atoms with Crippen molar-refractivity contribution in [2.45, 2.75) is 69.9 Å². The van der Waals surface area contributed by atoms with E-state index in [0.717, 1.165) is 36.0 Å². The third kappa shape index (κ3) is 2.86. The molecule has 6 heteroatoms. The Morgan fingerprint density at radius 1 is 1.30 bits per heavy atom. The molecule has 30 heavy (non-hydrogen) atoms. The van der Waals surface area contributed by atoms with Crippen LogP contribution in [0.3, 0.4) is 0 Å². The number of hydrogen-bond acceptors (Lipinski definition) is 4. The number of rotatable bonds is 2. The SMILES string of the molecule is CC(F)OC1CCC2(CC1)Cc1ccc(C#CC3CC3)cc1C21N=C(N)N(C)C1=O. The summed E-state index contributed by atoms with van der Waals surface area (Å²) < 4.78 is 18.8. The Hall–Kier alpha value is -2.39. The highest BCUT2D eigenvalue weighted by Crippen LogP contribution is 2.61. The predicted octanol–water partition coefficient (Wildman–Crippen LogP) is 3.25. The molecule has 1 amide bonds. The second kappa shape index (κ2) is 6.81. The molecule has 2 spiro atoms. The van der Waals surface area contributed by atoms with Crippen molar-refractivity contribution in [2.75, 3.05) is 7.05 Å². The molecule has 158 valence electrons. The van der Waals surface area contributed by atoms with Gasteiger partial charge < -0.3 is 10.5 Å². The molecule has 2 atom stereocenters. The summed E-state index contributed by atoms with van der Waals surface area (Å²) in [4.78, 5) is 19.9. The minimum absolute atomic E-state index is 0.0655. The summed E-state index contributed by atoms with van der Waals surface area (Å²) in [6, 6.07) is 6.21. The Morgan fingerprint density at radius 2 is 2.03 bits per heavy atom. The first-order valence-corrected chi connectivity index (χ1v) is 10.9. The molecule has 0 radical (unpaired) electrons. The highest BCUT2D eigenvalue weighted by Gasteiger charge is 2.66. The van der Waals surface area contributed by atoms with Crippen molar-refractivity contribution in [1.82, 2.24) is 4.90 Å². The lowest BCUT2D eigenvalue weighted by molar-refractivity contribution is -0.140. The molecule has 0 aromatic heterocycles. The number of carbonyl (C=O) groups is 1. The first-order valence-electron chi connectivity index (χ1n) is 10.9. The maximum absolute atomic E-state index is 13.6. The number of amides is 1. The molecule has 2 fully saturated rings. The van der Waals surface area contributed by atoms with Crippen molar-refractivity contribution in [1.29, 1.82) is 0 Å². The molecule has 0 saturated heterocycles. The number of nitrogens with two attached hydrogens (primary N) is 1. The number of guanidine groups is 1. The largest absolute Gasteiger partial charge is 0.369 e. The van der Waals surface area contributed by atoms with Crippen molar-refractivity contribution in [2.24, 2.45) is 22.1 Å². The van der Waals surface area contributed by atoms with Gasteiger partial charge in [-0.25, -0.2) is 9.38 Å². The van der Waals surface area contributed by atoms with Gasteiger partial charge in [-0.15, -0.1) is 0 Å². The van der Waals surface area contributed by atoms with E-state index >= 15 is 0 Å². The summed E-state index contributed by atoms with van der Waals surface area (Å²) in [7, 11) is 1.69. The number of ether oxygens (including phenoxy) is 1. The van der Waals surface area contributed by atoms with Gasteiger partial charge in [-0.2, -0.15) is 0 Å². The molecule has 2 N–H and O–H groups in total. The number of alkyl halides is 1. The molecule has 1 aromatic rings. The third-order valence-electron chi connectivity index (χ3n) is 7.30. The van der Waals surface area contributed by atoms with Gasteiger partial charge in [0, 0.05) is 23.9 Å². The zero-order chi connectivity index (χ0) is 21.1. The quantitative estimate of drug-likeness (QED) is 0.763. The first kappa shape index (κ1) is 19.6. The van der Waals surface area contributed by atoms with Crippen LogP contribution in [0.15, 0.2) is 23.2 Å². The number of aliphatic imine (C=N–C) groups is 1. The van der Waals surface area contributed by atoms with Gasteiger partial charge in [0.05, 0.1) is 6.10 Å². The molecule has 0 bridgehead atoms. The smallest absolute Gasteiger partial charge is 0.262 e. The summed E-state index contributed by atoms with van der Waals surface area (Å²) in [5, 5.41) is 0. The van der Waals surface area contributed by atoms with E-state index in [-0.39, 0.29) is 23.4 Å². The predicted molar refractivity (Wildman–Crippen MR) is 112 cm³/mol. The van der Waals surface area contributed by atoms with Crippen molar-refractivity contribution in [3.05, 3.63) is 34.9 Å². The van der Waals surface area contributed by atoms with Gasteiger partial charge >= 0.3 is 0 Å². The van der Waals surface area contributed by atoms with Crippen LogP contribution in [-0.2, 0) is 21.5 Å². The number of likely N-dealkylation sites (N-methyl/N-ethyl adjacent to an activating group) is 1. The standard InChI is InChI=1S/C24H28FN3O2/c1-15(25)30-19-9-11-23(12-10-19)14-18-8-7-17(6-5-16-3-4-16)13-20(18)24(23)21(29)28(2)22(26)27-24/h7-8,13,15-16,19H,3-4,9-12,14H2,1-2H3,(H2,26,27). The summed E-state index contributed by atoms with van der Waals surface area (Å²) in [6.07, 6.45) is 4.65. The Labute approximate surface area is 176 Å². The van der Waals surface area contributed by atoms with Gasteiger partial charge in [0.2, 0.25) is 0 Å². The number of hydrogen-bond donors (Lipinski definition) is 1. The molecule has 5 nitrogen and oxygen atoms in total. The van der Waals surface area contributed by atoms with Crippen LogP contribution < -0.4 is 5.73 Å². The molecule has 1 aromatic carbocycles. The van der Waals surface area contributed by atoms with Crippen molar-refractivity contribution in [3.8, 4) is 11.8 Å². The van der Waals surface area contributed by atoms with E-state index in [1.807, 2.05) is 0 Å². The Kier molecular flexibility index (Phi) is 4.44. The minimum Gasteiger partial charge on any atom is -0.369 e. The summed E-state index contributed by atoms with van der Waals surface area (Å²) in [5.41, 5.74) is 7.81. The molecular formula is C24H28FN3O2. The van der Waals surface area contributed by atoms with Crippen molar-refractivity contribution >= 4 is 11.9 Å². The Balaban J connectivity index is 1.56. The number of benzene rings is 1. The van der Waals surface area contributed by atoms with E-state index in [9.17, 15) is 9.18 Å². The topological polar surface area (TPSA) is 67.9 Å². The fourth-order valence-electron chi connectivity index (χ4n) is 5.58. The lowest BCUT2D eigenvalue weighted by Gasteiger charge is -2.45. The minimum atomic E-state index is -1.28. The van der Waals surface area contributed by atoms with E-state index < -0.39 is 11.9 Å². The average Bonchev–Trinajstić information content (AvgIpc) is 3.47. The van der Waals surface area contributed by atoms with E-state index in [1.54, 1.807) is 7.05 Å². The highest BCUT2D eigenvalue weighted by atomic mass is 19.1. The Bertz CT molecular complexity index is 980. The van der Waals surface area contributed by atoms with Crippen molar-refractivity contribution < 1.29 is 13.9 Å². The number of fused-ring (bicyclic) bond motifs is 3. The van der Waals surface area contributed by atoms with E-state index in [0.29, 0.717) is 18.8 Å². The van der Waals surface area contributed by atoms with E-state index in [1.165, 1.54) is 24.7 Å². The van der Waals surface area contributed by atoms with Crippen LogP contribution in [0.25, 0.3) is 0 Å². The normalized spacial score (nSPS) is 33.4. The molecule has 3 aliphatic carbocycles. The van der Waals surface area contributed by atoms with Gasteiger partial charge in [0.25, 0.3) is 5.91 Å². The fourth-order valence-corrected chi connectivity index (χ4v) is 5.58. The maximum atomic E-state index is 13.6. The molecule has 1 heterocycles. The molecule has 2 unspecified atom stereocenters. The lowest BCUT2D eigenvalue weighted by atomic mass is 9.61. The van der Waals surface area contributed by atoms with Gasteiger partial charge in [-0.3, -0.25) is 9.69 Å². The van der Waals surface area contributed by atoms with Gasteiger partial charge in [-0.05, 0) is 75.1 Å². The second-order valence-corrected chi connectivity index (χ2v) is 9.30. The van der Waals surface area contributed by atoms with E-state index in [2.05, 4.69) is 30.0 Å². The van der Waals surface area contributed by atoms with Gasteiger partial charge in [-0.1, -0.05) is 17.9 Å². The van der Waals surface area contributed by atoms with E-state index in [4.69, 9.17) is 15.5 Å². The third-order valence-corrected chi connectivity index (χ3v) is 7.30. The van der Waals surface area contributed by atoms with Crippen LogP contribution in [0.1, 0.15) is 62.1 Å². The molecule has 4 aliphatic rings. The monoisotopic (exact) mass is 409 g/mol. The summed E-state index contributed by atoms with van der Waals surface area (Å²) >= 11 is 0. The van der Waals surface area contributed by atoms with Crippen molar-refractivity contribution in [3.63, 3.8) is 0 Å². The molecule has 2 saturated carbocycles. The number of carbonyl (C=O) groups excluding carboxylic acids is 1. The zero-order valence-electron chi connectivity index (χ0n) is 17.6. The van der Waals surface area contributed by atoms with Crippen LogP contribution in [0.5, 0.6) is 0 Å². The van der Waals surface area contributed by atoms with Crippen LogP contribution in [-0.4, -0.2) is 36.3 Å². The van der Waals surface area contributed by atoms with Gasteiger partial charge in [0.1, 0.15) is 0 Å². The molecule has 1 aliphatic heterocycles. The highest BCUT2D eigenvalue weighted by molar-refractivity contribution is 6.08. The molecular weight excluding hydrogens is 381 g/mol. The Morgan fingerprint density at radius 3 is 2.63 bits per heavy atom. The summed E-state index contributed by atoms with van der Waals surface area (Å²) in [5.74, 6) is 7.30. The fraction of sp³-hybridized carbons (Fsp3) is 0.583. The lowest BCUT2D eigenvalue weighted by Crippen LogP contribution is -2.51. The first-order chi connectivity index (χ1) is 14.3. The number of halogens is 1. The average molecular weight is 410 g/mol. The summed E-state index contributed by atoms with van der Waals surface area (Å²) in [6.45, 7) is 1.42. The van der Waals surface area contributed by atoms with Crippen LogP contribution in [0.2, 0.25) is 0 Å². The van der Waals surface area contributed by atoms with Crippen LogP contribution in [0.4, 0.5) is 4.39 Å². The zero-order valence-corrected chi connectivity index (χ0v) is 17.6. The second-order valence-electron chi connectivity index (χ2n) is 9.30. The molecule has 5 rings (SSSR count). The van der Waals surface area contributed by atoms with Crippen LogP contribution in [0, 0.1) is 23.2 Å². The number of nitrogens with zero attached hydrogens (tertiary/aromatic N) is 2.